The summed E-state index contributed by atoms with van der Waals surface area (Å²) >= 11 is 0. The second-order valence-electron chi connectivity index (χ2n) is 4.80. The first kappa shape index (κ1) is 12.7. The van der Waals surface area contributed by atoms with Gasteiger partial charge in [0.25, 0.3) is 0 Å². The van der Waals surface area contributed by atoms with Crippen LogP contribution in [0.5, 0.6) is 0 Å². The average Bonchev–Trinajstić information content (AvgIpc) is 2.39. The molecule has 0 saturated heterocycles. The van der Waals surface area contributed by atoms with E-state index in [4.69, 9.17) is 0 Å². The largest absolute Gasteiger partial charge is 0.384 e. The molecule has 0 saturated carbocycles. The van der Waals surface area contributed by atoms with Crippen molar-refractivity contribution in [1.82, 2.24) is 0 Å². The molecule has 0 aliphatic heterocycles. The molecule has 0 fully saturated rings. The first-order valence-corrected chi connectivity index (χ1v) is 6.10. The molecule has 0 unspecified atom stereocenters. The van der Waals surface area contributed by atoms with Crippen LogP contribution in [0.1, 0.15) is 22.8 Å². The van der Waals surface area contributed by atoms with E-state index in [9.17, 15) is 5.11 Å². The molecule has 0 aromatic heterocycles. The second-order valence-corrected chi connectivity index (χ2v) is 4.80. The molecule has 0 amide bonds. The molecule has 0 bridgehead atoms. The molecular formula is C16H19NO. The van der Waals surface area contributed by atoms with Crippen LogP contribution in [0.3, 0.4) is 0 Å². The highest BCUT2D eigenvalue weighted by Gasteiger charge is 2.09. The van der Waals surface area contributed by atoms with Crippen molar-refractivity contribution in [2.24, 2.45) is 0 Å². The van der Waals surface area contributed by atoms with E-state index in [1.54, 1.807) is 0 Å². The van der Waals surface area contributed by atoms with Gasteiger partial charge in [-0.1, -0.05) is 42.0 Å². The highest BCUT2D eigenvalue weighted by molar-refractivity contribution is 5.47. The fraction of sp³-hybridized carbons (Fsp3) is 0.250. The Kier molecular flexibility index (Phi) is 3.68. The number of hydrogen-bond donors (Lipinski definition) is 1. The quantitative estimate of drug-likeness (QED) is 0.892. The minimum atomic E-state index is -0.554. The van der Waals surface area contributed by atoms with Gasteiger partial charge in [0.1, 0.15) is 6.10 Å². The zero-order valence-electron chi connectivity index (χ0n) is 11.1. The third-order valence-corrected chi connectivity index (χ3v) is 3.12. The fourth-order valence-electron chi connectivity index (χ4n) is 1.90. The van der Waals surface area contributed by atoms with Gasteiger partial charge in [0.05, 0.1) is 0 Å². The molecule has 0 radical (unpaired) electrons. The number of rotatable bonds is 3. The SMILES string of the molecule is Cc1ccc([C@@H](O)c2ccc(N(C)C)cc2)cc1. The van der Waals surface area contributed by atoms with Gasteiger partial charge in [-0.3, -0.25) is 0 Å². The minimum absolute atomic E-state index is 0.554. The van der Waals surface area contributed by atoms with Crippen LogP contribution in [0.15, 0.2) is 48.5 Å². The van der Waals surface area contributed by atoms with E-state index in [1.165, 1.54) is 5.56 Å². The zero-order valence-corrected chi connectivity index (χ0v) is 11.1. The number of aryl methyl sites for hydroxylation is 1. The Bertz CT molecular complexity index is 500. The summed E-state index contributed by atoms with van der Waals surface area (Å²) in [5, 5.41) is 10.3. The standard InChI is InChI=1S/C16H19NO/c1-12-4-6-13(7-5-12)16(18)14-8-10-15(11-9-14)17(2)3/h4-11,16,18H,1-3H3/t16-/m1/s1. The lowest BCUT2D eigenvalue weighted by Crippen LogP contribution is -2.08. The van der Waals surface area contributed by atoms with Gasteiger partial charge < -0.3 is 10.0 Å². The molecule has 1 atom stereocenters. The predicted octanol–water partition coefficient (Wildman–Crippen LogP) is 3.14. The Labute approximate surface area is 109 Å². The number of hydrogen-bond acceptors (Lipinski definition) is 2. The van der Waals surface area contributed by atoms with Crippen molar-refractivity contribution in [3.8, 4) is 0 Å². The molecule has 0 heterocycles. The van der Waals surface area contributed by atoms with Crippen molar-refractivity contribution >= 4 is 5.69 Å². The van der Waals surface area contributed by atoms with Crippen molar-refractivity contribution in [3.05, 3.63) is 65.2 Å². The molecule has 2 nitrogen and oxygen atoms in total. The van der Waals surface area contributed by atoms with Crippen molar-refractivity contribution in [3.63, 3.8) is 0 Å². The number of anilines is 1. The Balaban J connectivity index is 2.23. The maximum Gasteiger partial charge on any atom is 0.104 e. The van der Waals surface area contributed by atoms with Crippen LogP contribution >= 0.6 is 0 Å². The number of nitrogens with zero attached hydrogens (tertiary/aromatic N) is 1. The van der Waals surface area contributed by atoms with Crippen molar-refractivity contribution in [2.75, 3.05) is 19.0 Å². The van der Waals surface area contributed by atoms with Crippen LogP contribution in [0.25, 0.3) is 0 Å². The molecule has 0 spiro atoms. The van der Waals surface area contributed by atoms with E-state index in [0.717, 1.165) is 16.8 Å². The highest BCUT2D eigenvalue weighted by atomic mass is 16.3. The van der Waals surface area contributed by atoms with Gasteiger partial charge in [0.15, 0.2) is 0 Å². The average molecular weight is 241 g/mol. The summed E-state index contributed by atoms with van der Waals surface area (Å²) in [4.78, 5) is 2.04. The molecule has 0 aliphatic rings. The highest BCUT2D eigenvalue weighted by Crippen LogP contribution is 2.24. The second kappa shape index (κ2) is 5.23. The summed E-state index contributed by atoms with van der Waals surface area (Å²) in [6.07, 6.45) is -0.554. The van der Waals surface area contributed by atoms with Crippen LogP contribution in [0.2, 0.25) is 0 Å². The van der Waals surface area contributed by atoms with E-state index < -0.39 is 6.10 Å². The minimum Gasteiger partial charge on any atom is -0.384 e. The zero-order chi connectivity index (χ0) is 13.1. The first-order chi connectivity index (χ1) is 8.58. The lowest BCUT2D eigenvalue weighted by atomic mass is 10.0. The summed E-state index contributed by atoms with van der Waals surface area (Å²) in [6.45, 7) is 2.04. The van der Waals surface area contributed by atoms with Crippen molar-refractivity contribution in [2.45, 2.75) is 13.0 Å². The Morgan fingerprint density at radius 2 is 1.28 bits per heavy atom. The van der Waals surface area contributed by atoms with Gasteiger partial charge in [-0.2, -0.15) is 0 Å². The third kappa shape index (κ3) is 2.71. The number of benzene rings is 2. The van der Waals surface area contributed by atoms with E-state index in [-0.39, 0.29) is 0 Å². The molecule has 94 valence electrons. The van der Waals surface area contributed by atoms with Crippen LogP contribution in [0, 0.1) is 6.92 Å². The van der Waals surface area contributed by atoms with Crippen LogP contribution in [-0.2, 0) is 0 Å². The smallest absolute Gasteiger partial charge is 0.104 e. The normalized spacial score (nSPS) is 12.2. The maximum atomic E-state index is 10.3. The molecule has 2 rings (SSSR count). The molecule has 2 heteroatoms. The maximum absolute atomic E-state index is 10.3. The van der Waals surface area contributed by atoms with Gasteiger partial charge in [-0.05, 0) is 30.2 Å². The first-order valence-electron chi connectivity index (χ1n) is 6.10. The Morgan fingerprint density at radius 1 is 0.833 bits per heavy atom. The van der Waals surface area contributed by atoms with E-state index in [1.807, 2.05) is 74.4 Å². The summed E-state index contributed by atoms with van der Waals surface area (Å²) in [7, 11) is 4.01. The van der Waals surface area contributed by atoms with Gasteiger partial charge >= 0.3 is 0 Å². The van der Waals surface area contributed by atoms with E-state index in [0.29, 0.717) is 0 Å². The molecule has 2 aromatic rings. The Hall–Kier alpha value is -1.80. The number of aliphatic hydroxyl groups is 1. The van der Waals surface area contributed by atoms with Crippen LogP contribution in [0.4, 0.5) is 5.69 Å². The number of aliphatic hydroxyl groups excluding tert-OH is 1. The summed E-state index contributed by atoms with van der Waals surface area (Å²) < 4.78 is 0. The van der Waals surface area contributed by atoms with Crippen molar-refractivity contribution in [1.29, 1.82) is 0 Å². The predicted molar refractivity (Wildman–Crippen MR) is 76.0 cm³/mol. The lowest BCUT2D eigenvalue weighted by Gasteiger charge is -2.15. The molecular weight excluding hydrogens is 222 g/mol. The third-order valence-electron chi connectivity index (χ3n) is 3.12. The van der Waals surface area contributed by atoms with Gasteiger partial charge in [-0.25, -0.2) is 0 Å². The monoisotopic (exact) mass is 241 g/mol. The molecule has 0 aliphatic carbocycles. The lowest BCUT2D eigenvalue weighted by molar-refractivity contribution is 0.220. The Morgan fingerprint density at radius 3 is 1.72 bits per heavy atom. The fourth-order valence-corrected chi connectivity index (χ4v) is 1.90. The van der Waals surface area contributed by atoms with Gasteiger partial charge in [0.2, 0.25) is 0 Å². The van der Waals surface area contributed by atoms with E-state index >= 15 is 0 Å². The summed E-state index contributed by atoms with van der Waals surface area (Å²) in [5.41, 5.74) is 4.19. The van der Waals surface area contributed by atoms with Crippen LogP contribution < -0.4 is 4.90 Å². The van der Waals surface area contributed by atoms with Gasteiger partial charge in [-0.15, -0.1) is 0 Å². The van der Waals surface area contributed by atoms with E-state index in [2.05, 4.69) is 0 Å². The van der Waals surface area contributed by atoms with Crippen LogP contribution in [-0.4, -0.2) is 19.2 Å². The molecule has 1 N–H and O–H groups in total. The summed E-state index contributed by atoms with van der Waals surface area (Å²) in [6, 6.07) is 16.0. The van der Waals surface area contributed by atoms with Gasteiger partial charge in [0, 0.05) is 19.8 Å². The topological polar surface area (TPSA) is 23.5 Å². The molecule has 2 aromatic carbocycles. The summed E-state index contributed by atoms with van der Waals surface area (Å²) in [5.74, 6) is 0. The molecule has 18 heavy (non-hydrogen) atoms. The van der Waals surface area contributed by atoms with Crippen molar-refractivity contribution < 1.29 is 5.11 Å².